The molecule has 0 unspecified atom stereocenters. The van der Waals surface area contributed by atoms with E-state index in [0.29, 0.717) is 0 Å². The first-order valence-electron chi connectivity index (χ1n) is 8.40. The number of nitriles is 2. The quantitative estimate of drug-likeness (QED) is 0.830. The standard InChI is InChI=1S/C19H22N4O2/c1-5-24-19(25-6-2)18(12-21)16(4,14-9-7-13(3)8-10-14)17(18,11-20)15(22)23-19/h7-10H,5-6H2,1-4H3,(H2,22,23)/t16-,17+,18-/m1/s1. The van der Waals surface area contributed by atoms with Gasteiger partial charge in [0, 0.05) is 18.6 Å². The number of nitrogens with zero attached hydrogens (tertiary/aromatic N) is 3. The van der Waals surface area contributed by atoms with Crippen molar-refractivity contribution in [3.8, 4) is 12.1 Å². The van der Waals surface area contributed by atoms with Crippen molar-refractivity contribution in [2.45, 2.75) is 39.0 Å². The maximum Gasteiger partial charge on any atom is 0.293 e. The van der Waals surface area contributed by atoms with E-state index in [0.717, 1.165) is 11.1 Å². The molecule has 1 aliphatic carbocycles. The second-order valence-electron chi connectivity index (χ2n) is 6.66. The lowest BCUT2D eigenvalue weighted by Gasteiger charge is -2.34. The molecule has 0 radical (unpaired) electrons. The summed E-state index contributed by atoms with van der Waals surface area (Å²) in [5.74, 6) is -1.48. The summed E-state index contributed by atoms with van der Waals surface area (Å²) in [4.78, 5) is 4.36. The molecule has 0 saturated heterocycles. The highest BCUT2D eigenvalue weighted by atomic mass is 16.7. The van der Waals surface area contributed by atoms with E-state index in [9.17, 15) is 10.5 Å². The van der Waals surface area contributed by atoms with Crippen LogP contribution in [0.2, 0.25) is 0 Å². The van der Waals surface area contributed by atoms with Gasteiger partial charge >= 0.3 is 0 Å². The summed E-state index contributed by atoms with van der Waals surface area (Å²) in [6.07, 6.45) is 0. The van der Waals surface area contributed by atoms with Gasteiger partial charge in [-0.2, -0.15) is 10.5 Å². The molecule has 0 aromatic heterocycles. The van der Waals surface area contributed by atoms with E-state index in [1.165, 1.54) is 0 Å². The minimum atomic E-state index is -1.58. The number of fused-ring (bicyclic) bond motifs is 1. The number of ether oxygens (including phenoxy) is 2. The fourth-order valence-corrected chi connectivity index (χ4v) is 4.60. The van der Waals surface area contributed by atoms with Crippen molar-refractivity contribution in [1.29, 1.82) is 10.5 Å². The molecule has 1 aliphatic heterocycles. The highest BCUT2D eigenvalue weighted by molar-refractivity contribution is 6.02. The van der Waals surface area contributed by atoms with Crippen molar-refractivity contribution in [2.24, 2.45) is 21.6 Å². The van der Waals surface area contributed by atoms with Gasteiger partial charge in [0.25, 0.3) is 5.91 Å². The van der Waals surface area contributed by atoms with Crippen molar-refractivity contribution < 1.29 is 9.47 Å². The molecular formula is C19H22N4O2. The molecule has 3 rings (SSSR count). The van der Waals surface area contributed by atoms with Crippen molar-refractivity contribution in [3.63, 3.8) is 0 Å². The minimum absolute atomic E-state index is 0.0986. The van der Waals surface area contributed by atoms with Crippen molar-refractivity contribution in [2.75, 3.05) is 13.2 Å². The molecular weight excluding hydrogens is 316 g/mol. The third-order valence-electron chi connectivity index (χ3n) is 5.77. The summed E-state index contributed by atoms with van der Waals surface area (Å²) in [6, 6.07) is 12.4. The molecule has 2 N–H and O–H groups in total. The van der Waals surface area contributed by atoms with Crippen LogP contribution in [-0.2, 0) is 14.9 Å². The van der Waals surface area contributed by atoms with Crippen LogP contribution in [0, 0.1) is 40.4 Å². The van der Waals surface area contributed by atoms with Crippen LogP contribution in [0.5, 0.6) is 0 Å². The molecule has 0 bridgehead atoms. The third-order valence-corrected chi connectivity index (χ3v) is 5.77. The Bertz CT molecular complexity index is 813. The molecule has 6 heteroatoms. The summed E-state index contributed by atoms with van der Waals surface area (Å²) >= 11 is 0. The maximum atomic E-state index is 10.2. The second-order valence-corrected chi connectivity index (χ2v) is 6.66. The van der Waals surface area contributed by atoms with Gasteiger partial charge in [-0.05, 0) is 26.3 Å². The second kappa shape index (κ2) is 5.29. The SMILES string of the molecule is CCOC1(OCC)N=C(N)[C@@]2(C#N)[C@@](C)(c3ccc(C)cc3)[C@@]12C#N. The highest BCUT2D eigenvalue weighted by Gasteiger charge is 2.99. The Balaban J connectivity index is 2.30. The highest BCUT2D eigenvalue weighted by Crippen LogP contribution is 2.85. The van der Waals surface area contributed by atoms with Crippen molar-refractivity contribution in [3.05, 3.63) is 35.4 Å². The third kappa shape index (κ3) is 1.57. The average Bonchev–Trinajstić information content (AvgIpc) is 3.01. The number of nitrogens with two attached hydrogens (primary N) is 1. The summed E-state index contributed by atoms with van der Waals surface area (Å²) in [5.41, 5.74) is 4.66. The molecule has 1 saturated carbocycles. The van der Waals surface area contributed by atoms with Gasteiger partial charge in [0.2, 0.25) is 0 Å². The summed E-state index contributed by atoms with van der Waals surface area (Å²) in [6.45, 7) is 8.03. The van der Waals surface area contributed by atoms with Gasteiger partial charge in [-0.15, -0.1) is 0 Å². The van der Waals surface area contributed by atoms with E-state index in [1.54, 1.807) is 13.8 Å². The van der Waals surface area contributed by atoms with E-state index in [2.05, 4.69) is 17.1 Å². The van der Waals surface area contributed by atoms with Gasteiger partial charge in [0.15, 0.2) is 10.8 Å². The minimum Gasteiger partial charge on any atom is -0.386 e. The number of hydrogen-bond acceptors (Lipinski definition) is 6. The number of amidine groups is 1. The van der Waals surface area contributed by atoms with Crippen LogP contribution in [0.15, 0.2) is 29.3 Å². The number of benzene rings is 1. The molecule has 1 aromatic carbocycles. The summed E-state index contributed by atoms with van der Waals surface area (Å²) in [5, 5.41) is 20.3. The molecule has 130 valence electrons. The summed E-state index contributed by atoms with van der Waals surface area (Å²) in [7, 11) is 0. The van der Waals surface area contributed by atoms with Crippen LogP contribution in [-0.4, -0.2) is 25.0 Å². The van der Waals surface area contributed by atoms with Crippen molar-refractivity contribution >= 4 is 5.84 Å². The lowest BCUT2D eigenvalue weighted by molar-refractivity contribution is -0.257. The largest absolute Gasteiger partial charge is 0.386 e. The molecule has 6 nitrogen and oxygen atoms in total. The van der Waals surface area contributed by atoms with E-state index >= 15 is 0 Å². The summed E-state index contributed by atoms with van der Waals surface area (Å²) < 4.78 is 11.7. The molecule has 25 heavy (non-hydrogen) atoms. The molecule has 1 heterocycles. The van der Waals surface area contributed by atoms with E-state index in [1.807, 2.05) is 38.1 Å². The van der Waals surface area contributed by atoms with E-state index in [4.69, 9.17) is 15.2 Å². The van der Waals surface area contributed by atoms with E-state index in [-0.39, 0.29) is 19.0 Å². The normalized spacial score (nSPS) is 34.6. The molecule has 1 fully saturated rings. The Hall–Kier alpha value is -2.41. The number of rotatable bonds is 5. The van der Waals surface area contributed by atoms with Crippen LogP contribution in [0.25, 0.3) is 0 Å². The fourth-order valence-electron chi connectivity index (χ4n) is 4.60. The first kappa shape index (κ1) is 17.4. The first-order valence-corrected chi connectivity index (χ1v) is 8.40. The van der Waals surface area contributed by atoms with Crippen molar-refractivity contribution in [1.82, 2.24) is 0 Å². The topological polar surface area (TPSA) is 104 Å². The van der Waals surface area contributed by atoms with Gasteiger partial charge in [-0.1, -0.05) is 36.8 Å². The van der Waals surface area contributed by atoms with Crippen LogP contribution in [0.4, 0.5) is 0 Å². The average molecular weight is 338 g/mol. The smallest absolute Gasteiger partial charge is 0.293 e. The predicted molar refractivity (Wildman–Crippen MR) is 92.2 cm³/mol. The van der Waals surface area contributed by atoms with Crippen LogP contribution < -0.4 is 5.73 Å². The van der Waals surface area contributed by atoms with E-state index < -0.39 is 22.2 Å². The van der Waals surface area contributed by atoms with Crippen LogP contribution in [0.1, 0.15) is 31.9 Å². The molecule has 3 atom stereocenters. The van der Waals surface area contributed by atoms with Gasteiger partial charge in [-0.25, -0.2) is 4.99 Å². The Morgan fingerprint density at radius 3 is 2.08 bits per heavy atom. The molecule has 0 amide bonds. The zero-order valence-electron chi connectivity index (χ0n) is 15.0. The zero-order chi connectivity index (χ0) is 18.5. The molecule has 1 aromatic rings. The number of aliphatic imine (C=N–C) groups is 1. The maximum absolute atomic E-state index is 10.2. The van der Waals surface area contributed by atoms with Gasteiger partial charge in [-0.3, -0.25) is 0 Å². The first-order chi connectivity index (χ1) is 11.9. The number of aryl methyl sites for hydroxylation is 1. The Kier molecular flexibility index (Phi) is 3.69. The Morgan fingerprint density at radius 1 is 1.08 bits per heavy atom. The number of hydrogen-bond donors (Lipinski definition) is 1. The lowest BCUT2D eigenvalue weighted by Crippen LogP contribution is -2.46. The van der Waals surface area contributed by atoms with Gasteiger partial charge < -0.3 is 15.2 Å². The monoisotopic (exact) mass is 338 g/mol. The lowest BCUT2D eigenvalue weighted by atomic mass is 9.84. The van der Waals surface area contributed by atoms with Crippen LogP contribution in [0.3, 0.4) is 0 Å². The Morgan fingerprint density at radius 2 is 1.64 bits per heavy atom. The van der Waals surface area contributed by atoms with Gasteiger partial charge in [0.05, 0.1) is 12.1 Å². The zero-order valence-corrected chi connectivity index (χ0v) is 15.0. The van der Waals surface area contributed by atoms with Gasteiger partial charge in [0.1, 0.15) is 5.84 Å². The Labute approximate surface area is 147 Å². The molecule has 0 spiro atoms. The van der Waals surface area contributed by atoms with Crippen LogP contribution >= 0.6 is 0 Å². The fraction of sp³-hybridized carbons (Fsp3) is 0.526. The predicted octanol–water partition coefficient (Wildman–Crippen LogP) is 2.38. The molecule has 2 aliphatic rings.